The van der Waals surface area contributed by atoms with Gasteiger partial charge in [-0.2, -0.15) is 0 Å². The molecular formula is C25H22FN7O. The number of aromatic nitrogens is 4. The summed E-state index contributed by atoms with van der Waals surface area (Å²) in [4.78, 5) is 26.0. The molecule has 0 spiro atoms. The van der Waals surface area contributed by atoms with E-state index in [0.29, 0.717) is 23.0 Å². The van der Waals surface area contributed by atoms with Crippen LogP contribution in [0.1, 0.15) is 30.2 Å². The monoisotopic (exact) mass is 455 g/mol. The third kappa shape index (κ3) is 4.21. The number of pyridine rings is 2. The van der Waals surface area contributed by atoms with Crippen molar-refractivity contribution in [2.24, 2.45) is 0 Å². The molecule has 8 nitrogen and oxygen atoms in total. The Bertz CT molecular complexity index is 1530. The van der Waals surface area contributed by atoms with Crippen LogP contribution in [0.4, 0.5) is 16.0 Å². The van der Waals surface area contributed by atoms with Crippen molar-refractivity contribution >= 4 is 28.3 Å². The smallest absolute Gasteiger partial charge is 0.265 e. The number of halogens is 1. The van der Waals surface area contributed by atoms with Gasteiger partial charge in [0.15, 0.2) is 0 Å². The van der Waals surface area contributed by atoms with Gasteiger partial charge in [-0.1, -0.05) is 25.0 Å². The van der Waals surface area contributed by atoms with Crippen LogP contribution < -0.4 is 16.6 Å². The molecule has 0 fully saturated rings. The van der Waals surface area contributed by atoms with Gasteiger partial charge < -0.3 is 11.1 Å². The average molecular weight is 455 g/mol. The largest absolute Gasteiger partial charge is 0.383 e. The zero-order chi connectivity index (χ0) is 24.2. The van der Waals surface area contributed by atoms with Crippen LogP contribution in [0.2, 0.25) is 0 Å². The molecule has 170 valence electrons. The van der Waals surface area contributed by atoms with Crippen molar-refractivity contribution in [2.45, 2.75) is 26.8 Å². The van der Waals surface area contributed by atoms with Crippen molar-refractivity contribution in [3.63, 3.8) is 0 Å². The maximum absolute atomic E-state index is 14.8. The number of anilines is 2. The summed E-state index contributed by atoms with van der Waals surface area (Å²) in [6.45, 7) is 3.77. The van der Waals surface area contributed by atoms with Crippen molar-refractivity contribution in [1.29, 1.82) is 5.41 Å². The second-order valence-electron chi connectivity index (χ2n) is 7.48. The molecule has 4 N–H and O–H groups in total. The van der Waals surface area contributed by atoms with Crippen LogP contribution in [0.15, 0.2) is 53.7 Å². The zero-order valence-electron chi connectivity index (χ0n) is 18.7. The third-order valence-corrected chi connectivity index (χ3v) is 5.24. The number of nitrogen functional groups attached to an aromatic ring is 1. The Labute approximate surface area is 195 Å². The van der Waals surface area contributed by atoms with Gasteiger partial charge in [0.05, 0.1) is 28.7 Å². The molecule has 0 aliphatic carbocycles. The number of hydrogen-bond donors (Lipinski definition) is 3. The van der Waals surface area contributed by atoms with E-state index >= 15 is 0 Å². The van der Waals surface area contributed by atoms with E-state index in [1.807, 2.05) is 13.8 Å². The summed E-state index contributed by atoms with van der Waals surface area (Å²) in [7, 11) is 0. The van der Waals surface area contributed by atoms with Crippen LogP contribution in [0.5, 0.6) is 0 Å². The first-order valence-electron chi connectivity index (χ1n) is 10.6. The van der Waals surface area contributed by atoms with Gasteiger partial charge >= 0.3 is 0 Å². The minimum Gasteiger partial charge on any atom is -0.383 e. The molecule has 3 aromatic heterocycles. The highest BCUT2D eigenvalue weighted by Crippen LogP contribution is 2.22. The minimum atomic E-state index is -0.532. The Balaban J connectivity index is 1.85. The first kappa shape index (κ1) is 22.6. The highest BCUT2D eigenvalue weighted by atomic mass is 19.1. The number of nitrogens with one attached hydrogen (secondary N) is 2. The summed E-state index contributed by atoms with van der Waals surface area (Å²) in [5.41, 5.74) is 7.68. The second kappa shape index (κ2) is 9.50. The number of nitrogens with zero attached hydrogens (tertiary/aromatic N) is 4. The fourth-order valence-corrected chi connectivity index (χ4v) is 3.65. The van der Waals surface area contributed by atoms with E-state index < -0.39 is 5.82 Å². The van der Waals surface area contributed by atoms with Crippen LogP contribution in [0.25, 0.3) is 16.6 Å². The van der Waals surface area contributed by atoms with Crippen molar-refractivity contribution in [3.05, 3.63) is 81.9 Å². The summed E-state index contributed by atoms with van der Waals surface area (Å²) in [5, 5.41) is 11.8. The lowest BCUT2D eigenvalue weighted by molar-refractivity contribution is 0.614. The summed E-state index contributed by atoms with van der Waals surface area (Å²) in [6.07, 6.45) is 3.48. The standard InChI is InChI=1S/C25H22FN7O/c1-3-4-8-18(27)22-23(28)31-14-32-24(22)30-13-16-12-19-21(15(2)10-11-29-19)25(34)33(16)20-9-6-5-7-17(20)26/h5-7,9-12,14,27H,3,13H2,1-2H3,(H3,28,30,31,32). The van der Waals surface area contributed by atoms with Gasteiger partial charge in [-0.05, 0) is 42.7 Å². The fraction of sp³-hybridized carbons (Fsp3) is 0.160. The molecule has 0 radical (unpaired) electrons. The lowest BCUT2D eigenvalue weighted by Gasteiger charge is -2.17. The van der Waals surface area contributed by atoms with Crippen LogP contribution in [-0.4, -0.2) is 25.2 Å². The highest BCUT2D eigenvalue weighted by molar-refractivity contribution is 6.16. The molecule has 3 heterocycles. The highest BCUT2D eigenvalue weighted by Gasteiger charge is 2.18. The SMILES string of the molecule is CCC#CC(=N)c1c(N)ncnc1NCc1cc2nccc(C)c2c(=O)n1-c1ccccc1F. The van der Waals surface area contributed by atoms with Gasteiger partial charge in [0.1, 0.15) is 29.5 Å². The first-order chi connectivity index (χ1) is 16.4. The van der Waals surface area contributed by atoms with E-state index in [4.69, 9.17) is 11.1 Å². The predicted molar refractivity (Wildman–Crippen MR) is 131 cm³/mol. The average Bonchev–Trinajstić information content (AvgIpc) is 2.82. The van der Waals surface area contributed by atoms with Gasteiger partial charge in [0.25, 0.3) is 5.56 Å². The second-order valence-corrected chi connectivity index (χ2v) is 7.48. The molecule has 0 aliphatic rings. The fourth-order valence-electron chi connectivity index (χ4n) is 3.65. The third-order valence-electron chi connectivity index (χ3n) is 5.24. The molecule has 34 heavy (non-hydrogen) atoms. The van der Waals surface area contributed by atoms with E-state index in [-0.39, 0.29) is 40.7 Å². The number of para-hydroxylation sites is 1. The maximum Gasteiger partial charge on any atom is 0.265 e. The van der Waals surface area contributed by atoms with Gasteiger partial charge in [-0.25, -0.2) is 14.4 Å². The number of aryl methyl sites for hydroxylation is 1. The molecule has 0 bridgehead atoms. The number of benzene rings is 1. The lowest BCUT2D eigenvalue weighted by Crippen LogP contribution is -2.25. The van der Waals surface area contributed by atoms with E-state index in [2.05, 4.69) is 32.1 Å². The van der Waals surface area contributed by atoms with Gasteiger partial charge in [-0.15, -0.1) is 0 Å². The Morgan fingerprint density at radius 2 is 2.03 bits per heavy atom. The van der Waals surface area contributed by atoms with Crippen molar-refractivity contribution in [2.75, 3.05) is 11.1 Å². The molecule has 0 atom stereocenters. The molecule has 0 saturated heterocycles. The molecule has 0 saturated carbocycles. The number of hydrogen-bond acceptors (Lipinski definition) is 7. The van der Waals surface area contributed by atoms with E-state index in [1.54, 1.807) is 36.5 Å². The first-order valence-corrected chi connectivity index (χ1v) is 10.6. The summed E-state index contributed by atoms with van der Waals surface area (Å²) in [6, 6.07) is 9.55. The number of rotatable bonds is 5. The van der Waals surface area contributed by atoms with Gasteiger partial charge in [0.2, 0.25) is 0 Å². The Morgan fingerprint density at radius 3 is 2.79 bits per heavy atom. The van der Waals surface area contributed by atoms with Crippen LogP contribution in [0, 0.1) is 30.0 Å². The molecule has 4 rings (SSSR count). The Morgan fingerprint density at radius 1 is 1.24 bits per heavy atom. The molecule has 4 aromatic rings. The van der Waals surface area contributed by atoms with Crippen molar-refractivity contribution in [3.8, 4) is 17.5 Å². The van der Waals surface area contributed by atoms with E-state index in [0.717, 1.165) is 5.56 Å². The Hall–Kier alpha value is -4.58. The summed E-state index contributed by atoms with van der Waals surface area (Å²) >= 11 is 0. The molecule has 1 aromatic carbocycles. The molecule has 0 aliphatic heterocycles. The van der Waals surface area contributed by atoms with Gasteiger partial charge in [0, 0.05) is 18.3 Å². The lowest BCUT2D eigenvalue weighted by atomic mass is 10.1. The van der Waals surface area contributed by atoms with E-state index in [9.17, 15) is 9.18 Å². The maximum atomic E-state index is 14.8. The number of fused-ring (bicyclic) bond motifs is 1. The molecular weight excluding hydrogens is 433 g/mol. The van der Waals surface area contributed by atoms with Gasteiger partial charge in [-0.3, -0.25) is 19.8 Å². The summed E-state index contributed by atoms with van der Waals surface area (Å²) < 4.78 is 16.1. The predicted octanol–water partition coefficient (Wildman–Crippen LogP) is 3.60. The summed E-state index contributed by atoms with van der Waals surface area (Å²) in [5.74, 6) is 5.43. The van der Waals surface area contributed by atoms with E-state index in [1.165, 1.54) is 17.0 Å². The zero-order valence-corrected chi connectivity index (χ0v) is 18.7. The molecule has 0 unspecified atom stereocenters. The molecule has 0 amide bonds. The van der Waals surface area contributed by atoms with Crippen LogP contribution in [-0.2, 0) is 6.54 Å². The molecule has 9 heteroatoms. The van der Waals surface area contributed by atoms with Crippen LogP contribution in [0.3, 0.4) is 0 Å². The Kier molecular flexibility index (Phi) is 6.32. The van der Waals surface area contributed by atoms with Crippen molar-refractivity contribution < 1.29 is 4.39 Å². The topological polar surface area (TPSA) is 123 Å². The van der Waals surface area contributed by atoms with Crippen molar-refractivity contribution in [1.82, 2.24) is 19.5 Å². The van der Waals surface area contributed by atoms with Crippen LogP contribution >= 0.6 is 0 Å². The number of nitrogens with two attached hydrogens (primary N) is 1. The normalized spacial score (nSPS) is 10.6. The quantitative estimate of drug-likeness (QED) is 0.312. The minimum absolute atomic E-state index is 0.0234.